The first-order valence-electron chi connectivity index (χ1n) is 6.03. The standard InChI is InChI=1S/C13H13BrN2O4/c14-10-6-11(15-7-10)13(19)20-5-4-16-3-1-2-9(8-16)12(17)18/h1-2,6-8,15H,3-5H2,(H,17,18)/p+1. The van der Waals surface area contributed by atoms with Crippen LogP contribution in [-0.4, -0.2) is 41.7 Å². The van der Waals surface area contributed by atoms with Gasteiger partial charge in [0, 0.05) is 10.7 Å². The number of ether oxygens (including phenoxy) is 1. The molecule has 2 rings (SSSR count). The smallest absolute Gasteiger partial charge is 0.354 e. The summed E-state index contributed by atoms with van der Waals surface area (Å²) in [5.74, 6) is -1.38. The molecule has 0 radical (unpaired) electrons. The SMILES string of the molecule is O=C(O)C1=C[NH+](CCOC(=O)c2cc(Br)c[nH]2)CC=C1. The molecule has 7 heteroatoms. The van der Waals surface area contributed by atoms with Crippen molar-refractivity contribution in [1.82, 2.24) is 4.98 Å². The molecule has 1 aromatic rings. The Bertz CT molecular complexity index is 577. The third-order valence-electron chi connectivity index (χ3n) is 2.81. The van der Waals surface area contributed by atoms with E-state index in [1.54, 1.807) is 30.6 Å². The van der Waals surface area contributed by atoms with Crippen LogP contribution in [0.4, 0.5) is 0 Å². The number of hydrogen-bond acceptors (Lipinski definition) is 3. The number of carboxylic acids is 1. The number of aromatic nitrogens is 1. The van der Waals surface area contributed by atoms with Crippen molar-refractivity contribution in [3.63, 3.8) is 0 Å². The zero-order chi connectivity index (χ0) is 14.5. The summed E-state index contributed by atoms with van der Waals surface area (Å²) in [5.41, 5.74) is 0.637. The van der Waals surface area contributed by atoms with E-state index >= 15 is 0 Å². The largest absolute Gasteiger partial charge is 0.477 e. The molecular weight excluding hydrogens is 328 g/mol. The number of H-pyrrole nitrogens is 1. The normalized spacial score (nSPS) is 17.6. The number of esters is 1. The highest BCUT2D eigenvalue weighted by atomic mass is 79.9. The Morgan fingerprint density at radius 1 is 1.50 bits per heavy atom. The van der Waals surface area contributed by atoms with Crippen LogP contribution in [0.1, 0.15) is 10.5 Å². The first-order valence-corrected chi connectivity index (χ1v) is 6.83. The second kappa shape index (κ2) is 6.53. The Hall–Kier alpha value is -1.86. The summed E-state index contributed by atoms with van der Waals surface area (Å²) in [7, 11) is 0. The molecule has 0 saturated heterocycles. The Labute approximate surface area is 123 Å². The lowest BCUT2D eigenvalue weighted by atomic mass is 10.2. The number of rotatable bonds is 5. The van der Waals surface area contributed by atoms with E-state index in [0.717, 1.165) is 9.37 Å². The fourth-order valence-corrected chi connectivity index (χ4v) is 2.15. The highest BCUT2D eigenvalue weighted by molar-refractivity contribution is 9.10. The molecule has 1 unspecified atom stereocenters. The van der Waals surface area contributed by atoms with E-state index in [1.165, 1.54) is 0 Å². The molecule has 0 aliphatic carbocycles. The second-order valence-corrected chi connectivity index (χ2v) is 5.20. The molecular formula is C13H14BrN2O4+. The summed E-state index contributed by atoms with van der Waals surface area (Å²) in [6.45, 7) is 1.43. The highest BCUT2D eigenvalue weighted by Crippen LogP contribution is 2.11. The van der Waals surface area contributed by atoms with Crippen LogP contribution in [0.3, 0.4) is 0 Å². The molecule has 0 saturated carbocycles. The summed E-state index contributed by atoms with van der Waals surface area (Å²) in [5, 5.41) is 8.89. The molecule has 1 aromatic heterocycles. The van der Waals surface area contributed by atoms with Gasteiger partial charge in [0.1, 0.15) is 37.2 Å². The fraction of sp³-hybridized carbons (Fsp3) is 0.231. The van der Waals surface area contributed by atoms with Crippen LogP contribution in [0.25, 0.3) is 0 Å². The van der Waals surface area contributed by atoms with Gasteiger partial charge in [0.05, 0.1) is 0 Å². The van der Waals surface area contributed by atoms with Crippen molar-refractivity contribution in [2.45, 2.75) is 0 Å². The maximum absolute atomic E-state index is 11.7. The van der Waals surface area contributed by atoms with Crippen LogP contribution in [-0.2, 0) is 9.53 Å². The van der Waals surface area contributed by atoms with Crippen molar-refractivity contribution < 1.29 is 24.3 Å². The number of carbonyl (C=O) groups excluding carboxylic acids is 1. The summed E-state index contributed by atoms with van der Waals surface area (Å²) in [4.78, 5) is 26.2. The number of nitrogens with one attached hydrogen (secondary N) is 2. The van der Waals surface area contributed by atoms with Gasteiger partial charge < -0.3 is 19.7 Å². The van der Waals surface area contributed by atoms with Gasteiger partial charge in [-0.25, -0.2) is 9.59 Å². The van der Waals surface area contributed by atoms with Crippen molar-refractivity contribution in [3.8, 4) is 0 Å². The van der Waals surface area contributed by atoms with Crippen LogP contribution in [0.15, 0.2) is 40.7 Å². The van der Waals surface area contributed by atoms with Crippen LogP contribution in [0.5, 0.6) is 0 Å². The van der Waals surface area contributed by atoms with E-state index in [1.807, 2.05) is 0 Å². The zero-order valence-corrected chi connectivity index (χ0v) is 12.1. The Morgan fingerprint density at radius 3 is 2.95 bits per heavy atom. The maximum Gasteiger partial charge on any atom is 0.354 e. The first kappa shape index (κ1) is 14.5. The lowest BCUT2D eigenvalue weighted by molar-refractivity contribution is -0.841. The highest BCUT2D eigenvalue weighted by Gasteiger charge is 2.16. The van der Waals surface area contributed by atoms with Gasteiger partial charge in [-0.3, -0.25) is 0 Å². The van der Waals surface area contributed by atoms with E-state index in [2.05, 4.69) is 20.9 Å². The number of halogens is 1. The molecule has 0 amide bonds. The van der Waals surface area contributed by atoms with Crippen LogP contribution >= 0.6 is 15.9 Å². The van der Waals surface area contributed by atoms with E-state index < -0.39 is 11.9 Å². The van der Waals surface area contributed by atoms with Gasteiger partial charge in [-0.1, -0.05) is 0 Å². The Balaban J connectivity index is 1.80. The minimum Gasteiger partial charge on any atom is -0.477 e. The molecule has 20 heavy (non-hydrogen) atoms. The third-order valence-corrected chi connectivity index (χ3v) is 3.27. The Morgan fingerprint density at radius 2 is 2.30 bits per heavy atom. The number of hydrogen-bond donors (Lipinski definition) is 3. The average Bonchev–Trinajstić information content (AvgIpc) is 2.86. The van der Waals surface area contributed by atoms with E-state index in [0.29, 0.717) is 18.8 Å². The van der Waals surface area contributed by atoms with Gasteiger partial charge in [-0.15, -0.1) is 0 Å². The number of aromatic amines is 1. The number of quaternary nitrogens is 1. The van der Waals surface area contributed by atoms with E-state index in [4.69, 9.17) is 9.84 Å². The van der Waals surface area contributed by atoms with Crippen molar-refractivity contribution >= 4 is 27.9 Å². The zero-order valence-electron chi connectivity index (χ0n) is 10.6. The van der Waals surface area contributed by atoms with Crippen LogP contribution in [0.2, 0.25) is 0 Å². The quantitative estimate of drug-likeness (QED) is 0.675. The molecule has 0 bridgehead atoms. The molecule has 1 aliphatic heterocycles. The fourth-order valence-electron chi connectivity index (χ4n) is 1.81. The van der Waals surface area contributed by atoms with Gasteiger partial charge in [0.15, 0.2) is 0 Å². The molecule has 0 aromatic carbocycles. The van der Waals surface area contributed by atoms with Crippen LogP contribution < -0.4 is 4.90 Å². The third kappa shape index (κ3) is 3.82. The summed E-state index contributed by atoms with van der Waals surface area (Å²) >= 11 is 3.24. The lowest BCUT2D eigenvalue weighted by Gasteiger charge is -2.16. The van der Waals surface area contributed by atoms with Crippen LogP contribution in [0, 0.1) is 0 Å². The molecule has 0 spiro atoms. The van der Waals surface area contributed by atoms with Gasteiger partial charge in [0.25, 0.3) is 0 Å². The number of carbonyl (C=O) groups is 2. The van der Waals surface area contributed by atoms with E-state index in [-0.39, 0.29) is 12.2 Å². The van der Waals surface area contributed by atoms with Gasteiger partial charge >= 0.3 is 11.9 Å². The molecule has 106 valence electrons. The minimum atomic E-state index is -0.952. The topological polar surface area (TPSA) is 83.8 Å². The van der Waals surface area contributed by atoms with Gasteiger partial charge in [-0.05, 0) is 34.1 Å². The van der Waals surface area contributed by atoms with Crippen molar-refractivity contribution in [3.05, 3.63) is 46.4 Å². The number of carboxylic acid groups (broad SMARTS) is 1. The molecule has 1 aliphatic rings. The number of aliphatic carboxylic acids is 1. The minimum absolute atomic E-state index is 0.224. The van der Waals surface area contributed by atoms with Gasteiger partial charge in [0.2, 0.25) is 0 Å². The monoisotopic (exact) mass is 341 g/mol. The maximum atomic E-state index is 11.7. The molecule has 6 nitrogen and oxygen atoms in total. The Kier molecular flexibility index (Phi) is 4.75. The molecule has 2 heterocycles. The average molecular weight is 342 g/mol. The second-order valence-electron chi connectivity index (χ2n) is 4.29. The van der Waals surface area contributed by atoms with Gasteiger partial charge in [-0.2, -0.15) is 0 Å². The molecule has 1 atom stereocenters. The predicted octanol–water partition coefficient (Wildman–Crippen LogP) is 0.357. The molecule has 3 N–H and O–H groups in total. The van der Waals surface area contributed by atoms with Crippen molar-refractivity contribution in [2.75, 3.05) is 19.7 Å². The lowest BCUT2D eigenvalue weighted by Crippen LogP contribution is -3.08. The van der Waals surface area contributed by atoms with Crippen molar-refractivity contribution in [1.29, 1.82) is 0 Å². The summed E-state index contributed by atoms with van der Waals surface area (Å²) in [6.07, 6.45) is 6.65. The molecule has 0 fully saturated rings. The first-order chi connectivity index (χ1) is 9.56. The summed E-state index contributed by atoms with van der Waals surface area (Å²) < 4.78 is 5.91. The summed E-state index contributed by atoms with van der Waals surface area (Å²) in [6, 6.07) is 1.64. The van der Waals surface area contributed by atoms with E-state index in [9.17, 15) is 9.59 Å². The van der Waals surface area contributed by atoms with Crippen molar-refractivity contribution in [2.24, 2.45) is 0 Å². The predicted molar refractivity (Wildman–Crippen MR) is 74.3 cm³/mol.